The van der Waals surface area contributed by atoms with Crippen LogP contribution < -0.4 is 5.73 Å². The van der Waals surface area contributed by atoms with Gasteiger partial charge in [-0.2, -0.15) is 0 Å². The van der Waals surface area contributed by atoms with E-state index in [9.17, 15) is 0 Å². The third-order valence-electron chi connectivity index (χ3n) is 3.64. The highest BCUT2D eigenvalue weighted by Crippen LogP contribution is 2.26. The molecule has 2 heteroatoms. The van der Waals surface area contributed by atoms with E-state index in [2.05, 4.69) is 11.9 Å². The molecule has 0 spiro atoms. The lowest BCUT2D eigenvalue weighted by Gasteiger charge is -2.24. The lowest BCUT2D eigenvalue weighted by atomic mass is 9.87. The van der Waals surface area contributed by atoms with Crippen LogP contribution in [0.15, 0.2) is 0 Å². The van der Waals surface area contributed by atoms with Crippen LogP contribution in [0.5, 0.6) is 0 Å². The summed E-state index contributed by atoms with van der Waals surface area (Å²) in [5, 5.41) is 0. The Morgan fingerprint density at radius 3 is 2.47 bits per heavy atom. The zero-order chi connectivity index (χ0) is 10.9. The smallest absolute Gasteiger partial charge is 0.00191 e. The van der Waals surface area contributed by atoms with Crippen molar-refractivity contribution in [2.45, 2.75) is 51.4 Å². The minimum absolute atomic E-state index is 0.844. The normalized spacial score (nSPS) is 18.6. The molecule has 0 atom stereocenters. The van der Waals surface area contributed by atoms with Crippen LogP contribution in [-0.4, -0.2) is 31.6 Å². The summed E-state index contributed by atoms with van der Waals surface area (Å²) in [6.07, 6.45) is 11.2. The summed E-state index contributed by atoms with van der Waals surface area (Å²) in [6.45, 7) is 3.36. The van der Waals surface area contributed by atoms with Crippen LogP contribution in [0.3, 0.4) is 0 Å². The van der Waals surface area contributed by atoms with Gasteiger partial charge in [0.2, 0.25) is 0 Å². The second-order valence-electron chi connectivity index (χ2n) is 5.09. The first-order chi connectivity index (χ1) is 7.33. The Hall–Kier alpha value is -0.0800. The zero-order valence-corrected chi connectivity index (χ0v) is 10.4. The Kier molecular flexibility index (Phi) is 7.03. The molecule has 0 aromatic carbocycles. The molecule has 1 saturated carbocycles. The third-order valence-corrected chi connectivity index (χ3v) is 3.64. The second-order valence-corrected chi connectivity index (χ2v) is 5.09. The standard InChI is InChI=1S/C13H28N2/c1-15(11-6-5-10-14)12-9-13-7-3-2-4-8-13/h13H,2-12,14H2,1H3. The summed E-state index contributed by atoms with van der Waals surface area (Å²) in [4.78, 5) is 2.48. The Morgan fingerprint density at radius 1 is 1.07 bits per heavy atom. The van der Waals surface area contributed by atoms with Crippen molar-refractivity contribution in [3.8, 4) is 0 Å². The molecule has 0 aliphatic heterocycles. The quantitative estimate of drug-likeness (QED) is 0.657. The molecular formula is C13H28N2. The third kappa shape index (κ3) is 6.16. The monoisotopic (exact) mass is 212 g/mol. The van der Waals surface area contributed by atoms with Gasteiger partial charge in [-0.25, -0.2) is 0 Å². The topological polar surface area (TPSA) is 29.3 Å². The van der Waals surface area contributed by atoms with Gasteiger partial charge in [0.1, 0.15) is 0 Å². The lowest BCUT2D eigenvalue weighted by Crippen LogP contribution is -2.24. The Balaban J connectivity index is 1.97. The van der Waals surface area contributed by atoms with Crippen molar-refractivity contribution in [3.05, 3.63) is 0 Å². The first kappa shape index (κ1) is 13.0. The van der Waals surface area contributed by atoms with Crippen molar-refractivity contribution in [2.24, 2.45) is 11.7 Å². The molecule has 0 saturated heterocycles. The molecule has 1 aliphatic rings. The van der Waals surface area contributed by atoms with Gasteiger partial charge in [-0.3, -0.25) is 0 Å². The van der Waals surface area contributed by atoms with Crippen LogP contribution in [0.2, 0.25) is 0 Å². The molecule has 2 nitrogen and oxygen atoms in total. The first-order valence-corrected chi connectivity index (χ1v) is 6.71. The van der Waals surface area contributed by atoms with Crippen LogP contribution in [0, 0.1) is 5.92 Å². The summed E-state index contributed by atoms with van der Waals surface area (Å²) in [5.74, 6) is 1.02. The van der Waals surface area contributed by atoms with Gasteiger partial charge in [-0.1, -0.05) is 32.1 Å². The van der Waals surface area contributed by atoms with E-state index in [1.165, 1.54) is 64.5 Å². The maximum atomic E-state index is 5.49. The summed E-state index contributed by atoms with van der Waals surface area (Å²) in [6, 6.07) is 0. The molecule has 90 valence electrons. The molecular weight excluding hydrogens is 184 g/mol. The highest BCUT2D eigenvalue weighted by molar-refractivity contribution is 4.67. The maximum Gasteiger partial charge on any atom is -0.00191 e. The summed E-state index contributed by atoms with van der Waals surface area (Å²) < 4.78 is 0. The van der Waals surface area contributed by atoms with E-state index in [4.69, 9.17) is 5.73 Å². The number of unbranched alkanes of at least 4 members (excludes halogenated alkanes) is 1. The van der Waals surface area contributed by atoms with Crippen LogP contribution in [0.1, 0.15) is 51.4 Å². The number of hydrogen-bond donors (Lipinski definition) is 1. The van der Waals surface area contributed by atoms with Gasteiger partial charge in [0.05, 0.1) is 0 Å². The van der Waals surface area contributed by atoms with Crippen molar-refractivity contribution < 1.29 is 0 Å². The van der Waals surface area contributed by atoms with E-state index in [-0.39, 0.29) is 0 Å². The lowest BCUT2D eigenvalue weighted by molar-refractivity contribution is 0.262. The summed E-state index contributed by atoms with van der Waals surface area (Å²) in [7, 11) is 2.25. The molecule has 1 fully saturated rings. The molecule has 15 heavy (non-hydrogen) atoms. The van der Waals surface area contributed by atoms with Gasteiger partial charge in [-0.15, -0.1) is 0 Å². The Bertz CT molecular complexity index is 141. The zero-order valence-electron chi connectivity index (χ0n) is 10.4. The highest BCUT2D eigenvalue weighted by atomic mass is 15.1. The van der Waals surface area contributed by atoms with Crippen LogP contribution in [-0.2, 0) is 0 Å². The highest BCUT2D eigenvalue weighted by Gasteiger charge is 2.13. The van der Waals surface area contributed by atoms with E-state index in [1.54, 1.807) is 0 Å². The SMILES string of the molecule is CN(CCCCN)CCC1CCCCC1. The fourth-order valence-corrected chi connectivity index (χ4v) is 2.52. The van der Waals surface area contributed by atoms with Gasteiger partial charge in [0.25, 0.3) is 0 Å². The van der Waals surface area contributed by atoms with Crippen LogP contribution >= 0.6 is 0 Å². The molecule has 0 bridgehead atoms. The molecule has 1 rings (SSSR count). The van der Waals surface area contributed by atoms with E-state index in [0.717, 1.165) is 12.5 Å². The van der Waals surface area contributed by atoms with Crippen molar-refractivity contribution in [1.29, 1.82) is 0 Å². The minimum Gasteiger partial charge on any atom is -0.330 e. The van der Waals surface area contributed by atoms with Gasteiger partial charge in [0, 0.05) is 0 Å². The number of nitrogens with zero attached hydrogens (tertiary/aromatic N) is 1. The molecule has 0 amide bonds. The number of nitrogens with two attached hydrogens (primary N) is 1. The van der Waals surface area contributed by atoms with Crippen molar-refractivity contribution in [2.75, 3.05) is 26.7 Å². The first-order valence-electron chi connectivity index (χ1n) is 6.71. The fourth-order valence-electron chi connectivity index (χ4n) is 2.52. The Labute approximate surface area is 95.2 Å². The predicted molar refractivity (Wildman–Crippen MR) is 67.0 cm³/mol. The average Bonchev–Trinajstić information content (AvgIpc) is 2.28. The number of hydrogen-bond acceptors (Lipinski definition) is 2. The van der Waals surface area contributed by atoms with E-state index >= 15 is 0 Å². The largest absolute Gasteiger partial charge is 0.330 e. The number of rotatable bonds is 7. The molecule has 0 aromatic heterocycles. The van der Waals surface area contributed by atoms with Crippen LogP contribution in [0.25, 0.3) is 0 Å². The molecule has 0 unspecified atom stereocenters. The van der Waals surface area contributed by atoms with E-state index in [1.807, 2.05) is 0 Å². The van der Waals surface area contributed by atoms with Gasteiger partial charge in [0.15, 0.2) is 0 Å². The van der Waals surface area contributed by atoms with Crippen molar-refractivity contribution >= 4 is 0 Å². The van der Waals surface area contributed by atoms with Crippen molar-refractivity contribution in [1.82, 2.24) is 4.90 Å². The van der Waals surface area contributed by atoms with E-state index < -0.39 is 0 Å². The van der Waals surface area contributed by atoms with Gasteiger partial charge in [-0.05, 0) is 51.9 Å². The minimum atomic E-state index is 0.844. The average molecular weight is 212 g/mol. The molecule has 1 aliphatic carbocycles. The second kappa shape index (κ2) is 8.12. The van der Waals surface area contributed by atoms with E-state index in [0.29, 0.717) is 0 Å². The Morgan fingerprint density at radius 2 is 1.80 bits per heavy atom. The molecule has 2 N–H and O–H groups in total. The molecule has 0 radical (unpaired) electrons. The summed E-state index contributed by atoms with van der Waals surface area (Å²) >= 11 is 0. The van der Waals surface area contributed by atoms with Crippen LogP contribution in [0.4, 0.5) is 0 Å². The fraction of sp³-hybridized carbons (Fsp3) is 1.00. The summed E-state index contributed by atoms with van der Waals surface area (Å²) in [5.41, 5.74) is 5.49. The maximum absolute atomic E-state index is 5.49. The predicted octanol–water partition coefficient (Wildman–Crippen LogP) is 2.63. The van der Waals surface area contributed by atoms with Gasteiger partial charge < -0.3 is 10.6 Å². The van der Waals surface area contributed by atoms with Gasteiger partial charge >= 0.3 is 0 Å². The van der Waals surface area contributed by atoms with Crippen molar-refractivity contribution in [3.63, 3.8) is 0 Å². The molecule has 0 heterocycles. The molecule has 0 aromatic rings.